The number of rotatable bonds is 14. The number of esters is 1. The van der Waals surface area contributed by atoms with Gasteiger partial charge in [-0.25, -0.2) is 0 Å². The fourth-order valence-electron chi connectivity index (χ4n) is 2.36. The highest BCUT2D eigenvalue weighted by Gasteiger charge is 2.06. The van der Waals surface area contributed by atoms with Crippen molar-refractivity contribution < 1.29 is 9.53 Å². The van der Waals surface area contributed by atoms with Crippen molar-refractivity contribution in [1.82, 2.24) is 0 Å². The Morgan fingerprint density at radius 3 is 2.24 bits per heavy atom. The van der Waals surface area contributed by atoms with Crippen molar-refractivity contribution in [3.05, 3.63) is 0 Å². The van der Waals surface area contributed by atoms with Gasteiger partial charge in [0, 0.05) is 6.42 Å². The van der Waals surface area contributed by atoms with E-state index in [9.17, 15) is 4.79 Å². The van der Waals surface area contributed by atoms with Gasteiger partial charge in [0.25, 0.3) is 0 Å². The molecule has 0 saturated carbocycles. The Labute approximate surface area is 145 Å². The molecule has 1 atom stereocenters. The molecule has 0 aromatic rings. The van der Waals surface area contributed by atoms with Crippen LogP contribution in [0.25, 0.3) is 0 Å². The zero-order chi connectivity index (χ0) is 15.9. The zero-order valence-electron chi connectivity index (χ0n) is 14.3. The van der Waals surface area contributed by atoms with Crippen LogP contribution in [0.15, 0.2) is 0 Å². The molecule has 0 aliphatic heterocycles. The lowest BCUT2D eigenvalue weighted by molar-refractivity contribution is -0.144. The first-order valence-corrected chi connectivity index (χ1v) is 10.3. The summed E-state index contributed by atoms with van der Waals surface area (Å²) in [6, 6.07) is 0. The fraction of sp³-hybridized carbons (Fsp3) is 0.944. The van der Waals surface area contributed by atoms with E-state index in [-0.39, 0.29) is 5.97 Å². The molecule has 0 aromatic heterocycles. The molecule has 0 spiro atoms. The van der Waals surface area contributed by atoms with Crippen molar-refractivity contribution >= 4 is 28.6 Å². The number of carbonyl (C=O) groups excluding carboxylic acids is 1. The summed E-state index contributed by atoms with van der Waals surface area (Å²) in [5.41, 5.74) is 0. The molecule has 2 nitrogen and oxygen atoms in total. The van der Waals surface area contributed by atoms with Crippen LogP contribution in [-0.4, -0.2) is 17.0 Å². The Morgan fingerprint density at radius 1 is 0.905 bits per heavy atom. The second kappa shape index (κ2) is 15.1. The lowest BCUT2D eigenvalue weighted by atomic mass is 9.98. The molecular formula is C18H35IO2. The van der Waals surface area contributed by atoms with E-state index in [2.05, 4.69) is 43.4 Å². The number of ether oxygens (including phenoxy) is 1. The average Bonchev–Trinajstić information content (AvgIpc) is 2.42. The highest BCUT2D eigenvalue weighted by molar-refractivity contribution is 14.1. The molecule has 0 rings (SSSR count). The number of hydrogen-bond donors (Lipinski definition) is 0. The molecule has 21 heavy (non-hydrogen) atoms. The first-order chi connectivity index (χ1) is 10.1. The van der Waals surface area contributed by atoms with Gasteiger partial charge < -0.3 is 4.74 Å². The van der Waals surface area contributed by atoms with E-state index in [0.29, 0.717) is 18.9 Å². The topological polar surface area (TPSA) is 26.3 Å². The van der Waals surface area contributed by atoms with Crippen LogP contribution in [0.1, 0.15) is 85.0 Å². The third kappa shape index (κ3) is 16.4. The minimum absolute atomic E-state index is 0.00160. The van der Waals surface area contributed by atoms with Crippen molar-refractivity contribution in [1.29, 1.82) is 0 Å². The summed E-state index contributed by atoms with van der Waals surface area (Å²) in [7, 11) is 0. The summed E-state index contributed by atoms with van der Waals surface area (Å²) in [6.07, 6.45) is 11.5. The standard InChI is InChI=1S/C18H35IO2/c1-16(2)10-9-11-17(3)13-15-21-18(20)12-7-5-4-6-8-14-19/h16-17H,4-15H2,1-3H3. The van der Waals surface area contributed by atoms with E-state index < -0.39 is 0 Å². The van der Waals surface area contributed by atoms with Crippen molar-refractivity contribution in [3.63, 3.8) is 0 Å². The van der Waals surface area contributed by atoms with Gasteiger partial charge in [-0.15, -0.1) is 0 Å². The van der Waals surface area contributed by atoms with Gasteiger partial charge in [-0.2, -0.15) is 0 Å². The monoisotopic (exact) mass is 410 g/mol. The summed E-state index contributed by atoms with van der Waals surface area (Å²) >= 11 is 2.42. The van der Waals surface area contributed by atoms with Crippen LogP contribution in [0.5, 0.6) is 0 Å². The van der Waals surface area contributed by atoms with Crippen molar-refractivity contribution in [3.8, 4) is 0 Å². The third-order valence-electron chi connectivity index (χ3n) is 3.87. The van der Waals surface area contributed by atoms with Gasteiger partial charge in [0.1, 0.15) is 0 Å². The Hall–Kier alpha value is 0.200. The van der Waals surface area contributed by atoms with Gasteiger partial charge in [0.15, 0.2) is 0 Å². The van der Waals surface area contributed by atoms with Gasteiger partial charge in [-0.1, -0.05) is 81.9 Å². The van der Waals surface area contributed by atoms with E-state index >= 15 is 0 Å². The number of unbranched alkanes of at least 4 members (excludes halogenated alkanes) is 4. The van der Waals surface area contributed by atoms with E-state index in [4.69, 9.17) is 4.74 Å². The predicted molar refractivity (Wildman–Crippen MR) is 100 cm³/mol. The summed E-state index contributed by atoms with van der Waals surface area (Å²) in [4.78, 5) is 11.6. The summed E-state index contributed by atoms with van der Waals surface area (Å²) in [5, 5.41) is 0. The van der Waals surface area contributed by atoms with Crippen molar-refractivity contribution in [2.24, 2.45) is 11.8 Å². The van der Waals surface area contributed by atoms with E-state index in [1.54, 1.807) is 0 Å². The molecule has 0 heterocycles. The van der Waals surface area contributed by atoms with Gasteiger partial charge >= 0.3 is 5.97 Å². The first kappa shape index (κ1) is 21.2. The van der Waals surface area contributed by atoms with E-state index in [0.717, 1.165) is 25.2 Å². The molecule has 3 heteroatoms. The van der Waals surface area contributed by atoms with Gasteiger partial charge in [-0.05, 0) is 35.5 Å². The molecule has 0 N–H and O–H groups in total. The minimum atomic E-state index is -0.00160. The number of alkyl halides is 1. The average molecular weight is 410 g/mol. The molecule has 0 aliphatic rings. The van der Waals surface area contributed by atoms with E-state index in [1.807, 2.05) is 0 Å². The number of hydrogen-bond acceptors (Lipinski definition) is 2. The molecular weight excluding hydrogens is 375 g/mol. The fourth-order valence-corrected chi connectivity index (χ4v) is 2.90. The number of halogens is 1. The lowest BCUT2D eigenvalue weighted by Crippen LogP contribution is -2.08. The van der Waals surface area contributed by atoms with Crippen molar-refractivity contribution in [2.75, 3.05) is 11.0 Å². The van der Waals surface area contributed by atoms with Crippen LogP contribution < -0.4 is 0 Å². The summed E-state index contributed by atoms with van der Waals surface area (Å²) in [5.74, 6) is 1.47. The zero-order valence-corrected chi connectivity index (χ0v) is 16.5. The maximum atomic E-state index is 11.6. The quantitative estimate of drug-likeness (QED) is 0.148. The molecule has 0 fully saturated rings. The maximum Gasteiger partial charge on any atom is 0.305 e. The van der Waals surface area contributed by atoms with Gasteiger partial charge in [-0.3, -0.25) is 4.79 Å². The van der Waals surface area contributed by atoms with Crippen LogP contribution in [-0.2, 0) is 9.53 Å². The molecule has 0 bridgehead atoms. The molecule has 0 aromatic carbocycles. The molecule has 0 radical (unpaired) electrons. The second-order valence-electron chi connectivity index (χ2n) is 6.65. The predicted octanol–water partition coefficient (Wildman–Crippen LogP) is 6.16. The Bertz CT molecular complexity index is 241. The van der Waals surface area contributed by atoms with Gasteiger partial charge in [0.2, 0.25) is 0 Å². The highest BCUT2D eigenvalue weighted by Crippen LogP contribution is 2.15. The molecule has 0 saturated heterocycles. The first-order valence-electron chi connectivity index (χ1n) is 8.77. The Kier molecular flexibility index (Phi) is 15.3. The SMILES string of the molecule is CC(C)CCCC(C)CCOC(=O)CCCCCCCI. The van der Waals surface area contributed by atoms with E-state index in [1.165, 1.54) is 43.0 Å². The third-order valence-corrected chi connectivity index (χ3v) is 4.63. The highest BCUT2D eigenvalue weighted by atomic mass is 127. The summed E-state index contributed by atoms with van der Waals surface area (Å²) < 4.78 is 6.57. The number of carbonyl (C=O) groups is 1. The smallest absolute Gasteiger partial charge is 0.305 e. The Balaban J connectivity index is 3.36. The molecule has 126 valence electrons. The molecule has 0 aliphatic carbocycles. The lowest BCUT2D eigenvalue weighted by Gasteiger charge is -2.12. The minimum Gasteiger partial charge on any atom is -0.466 e. The van der Waals surface area contributed by atoms with Crippen LogP contribution >= 0.6 is 22.6 Å². The summed E-state index contributed by atoms with van der Waals surface area (Å²) in [6.45, 7) is 7.42. The van der Waals surface area contributed by atoms with Crippen LogP contribution in [0.2, 0.25) is 0 Å². The largest absolute Gasteiger partial charge is 0.466 e. The van der Waals surface area contributed by atoms with Crippen LogP contribution in [0.3, 0.4) is 0 Å². The van der Waals surface area contributed by atoms with Gasteiger partial charge in [0.05, 0.1) is 6.61 Å². The molecule has 1 unspecified atom stereocenters. The normalized spacial score (nSPS) is 12.6. The Morgan fingerprint density at radius 2 is 1.57 bits per heavy atom. The molecule has 0 amide bonds. The van der Waals surface area contributed by atoms with Crippen LogP contribution in [0, 0.1) is 11.8 Å². The van der Waals surface area contributed by atoms with Crippen molar-refractivity contribution in [2.45, 2.75) is 85.0 Å². The second-order valence-corrected chi connectivity index (χ2v) is 7.72. The maximum absolute atomic E-state index is 11.6. The van der Waals surface area contributed by atoms with Crippen LogP contribution in [0.4, 0.5) is 0 Å².